The van der Waals surface area contributed by atoms with Gasteiger partial charge in [0.15, 0.2) is 0 Å². The first-order valence-electron chi connectivity index (χ1n) is 6.52. The lowest BCUT2D eigenvalue weighted by Crippen LogP contribution is -2.29. The van der Waals surface area contributed by atoms with Gasteiger partial charge >= 0.3 is 0 Å². The molecule has 2 aromatic rings. The number of benzene rings is 2. The van der Waals surface area contributed by atoms with Gasteiger partial charge in [0.1, 0.15) is 5.82 Å². The summed E-state index contributed by atoms with van der Waals surface area (Å²) in [4.78, 5) is 13.8. The van der Waals surface area contributed by atoms with Crippen LogP contribution in [0.15, 0.2) is 53.0 Å². The molecule has 1 amide bonds. The second-order valence-corrected chi connectivity index (χ2v) is 5.68. The summed E-state index contributed by atoms with van der Waals surface area (Å²) in [6.07, 6.45) is 0. The zero-order valence-electron chi connectivity index (χ0n) is 11.6. The second-order valence-electron chi connectivity index (χ2n) is 4.83. The van der Waals surface area contributed by atoms with Crippen LogP contribution in [0.5, 0.6) is 0 Å². The maximum atomic E-state index is 13.1. The van der Waals surface area contributed by atoms with Crippen LogP contribution in [0.25, 0.3) is 0 Å². The summed E-state index contributed by atoms with van der Waals surface area (Å²) in [7, 11) is 1.82. The number of nitrogens with one attached hydrogen (secondary N) is 1. The third-order valence-corrected chi connectivity index (χ3v) is 3.59. The lowest BCUT2D eigenvalue weighted by atomic mass is 10.2. The number of rotatable bonds is 5. The molecular weight excluding hydrogens is 335 g/mol. The van der Waals surface area contributed by atoms with Gasteiger partial charge in [0.05, 0.1) is 12.2 Å². The number of carbonyl (C=O) groups is 1. The number of likely N-dealkylation sites (N-methyl/N-ethyl adjacent to an activating group) is 1. The quantitative estimate of drug-likeness (QED) is 0.892. The number of carbonyl (C=O) groups excluding carboxylic acids is 1. The molecule has 0 atom stereocenters. The zero-order chi connectivity index (χ0) is 15.2. The number of nitrogens with zero attached hydrogens (tertiary/aromatic N) is 1. The monoisotopic (exact) mass is 350 g/mol. The smallest absolute Gasteiger partial charge is 0.238 e. The average molecular weight is 351 g/mol. The predicted molar refractivity (Wildman–Crippen MR) is 85.5 cm³/mol. The minimum absolute atomic E-state index is 0.110. The van der Waals surface area contributed by atoms with Gasteiger partial charge in [0.2, 0.25) is 5.91 Å². The van der Waals surface area contributed by atoms with Crippen LogP contribution in [0.2, 0.25) is 0 Å². The fourth-order valence-electron chi connectivity index (χ4n) is 2.00. The van der Waals surface area contributed by atoms with E-state index in [1.165, 1.54) is 12.1 Å². The van der Waals surface area contributed by atoms with Crippen molar-refractivity contribution in [1.29, 1.82) is 0 Å². The molecule has 3 nitrogen and oxygen atoms in total. The van der Waals surface area contributed by atoms with E-state index in [2.05, 4.69) is 21.2 Å². The van der Waals surface area contributed by atoms with E-state index in [-0.39, 0.29) is 18.3 Å². The second kappa shape index (κ2) is 7.33. The summed E-state index contributed by atoms with van der Waals surface area (Å²) >= 11 is 3.38. The van der Waals surface area contributed by atoms with E-state index in [0.717, 1.165) is 15.7 Å². The molecule has 0 bridgehead atoms. The first kappa shape index (κ1) is 15.7. The molecule has 2 aromatic carbocycles. The first-order chi connectivity index (χ1) is 10.0. The molecule has 0 aromatic heterocycles. The van der Waals surface area contributed by atoms with E-state index in [1.54, 1.807) is 6.07 Å². The Morgan fingerprint density at radius 3 is 2.71 bits per heavy atom. The Kier molecular flexibility index (Phi) is 5.47. The van der Waals surface area contributed by atoms with Gasteiger partial charge in [-0.3, -0.25) is 9.69 Å². The molecule has 21 heavy (non-hydrogen) atoms. The van der Waals surface area contributed by atoms with Crippen LogP contribution in [0.3, 0.4) is 0 Å². The van der Waals surface area contributed by atoms with Crippen LogP contribution < -0.4 is 5.32 Å². The number of hydrogen-bond acceptors (Lipinski definition) is 2. The van der Waals surface area contributed by atoms with Crippen molar-refractivity contribution in [2.45, 2.75) is 6.54 Å². The highest BCUT2D eigenvalue weighted by atomic mass is 79.9. The molecule has 0 unspecified atom stereocenters. The van der Waals surface area contributed by atoms with Gasteiger partial charge in [0, 0.05) is 11.0 Å². The van der Waals surface area contributed by atoms with E-state index < -0.39 is 0 Å². The Hall–Kier alpha value is -1.72. The summed E-state index contributed by atoms with van der Waals surface area (Å²) < 4.78 is 13.9. The molecule has 2 rings (SSSR count). The number of anilines is 1. The molecule has 0 saturated carbocycles. The van der Waals surface area contributed by atoms with Crippen molar-refractivity contribution in [2.75, 3.05) is 18.9 Å². The molecule has 5 heteroatoms. The summed E-state index contributed by atoms with van der Waals surface area (Å²) in [5.41, 5.74) is 1.58. The van der Waals surface area contributed by atoms with Gasteiger partial charge < -0.3 is 5.32 Å². The third kappa shape index (κ3) is 4.95. The number of halogens is 2. The van der Waals surface area contributed by atoms with Gasteiger partial charge in [0.25, 0.3) is 0 Å². The van der Waals surface area contributed by atoms with Crippen molar-refractivity contribution in [1.82, 2.24) is 4.90 Å². The van der Waals surface area contributed by atoms with Crippen LogP contribution in [0, 0.1) is 5.82 Å². The van der Waals surface area contributed by atoms with Crippen molar-refractivity contribution < 1.29 is 9.18 Å². The highest BCUT2D eigenvalue weighted by Crippen LogP contribution is 2.21. The van der Waals surface area contributed by atoms with Crippen LogP contribution in [0.1, 0.15) is 5.56 Å². The van der Waals surface area contributed by atoms with Crippen molar-refractivity contribution in [3.63, 3.8) is 0 Å². The van der Waals surface area contributed by atoms with E-state index >= 15 is 0 Å². The minimum atomic E-state index is -0.265. The molecule has 110 valence electrons. The van der Waals surface area contributed by atoms with Crippen LogP contribution in [-0.2, 0) is 11.3 Å². The average Bonchev–Trinajstić information content (AvgIpc) is 2.41. The third-order valence-electron chi connectivity index (χ3n) is 2.90. The van der Waals surface area contributed by atoms with E-state index in [4.69, 9.17) is 0 Å². The van der Waals surface area contributed by atoms with E-state index in [0.29, 0.717) is 6.54 Å². The van der Waals surface area contributed by atoms with Gasteiger partial charge in [-0.25, -0.2) is 4.39 Å². The Labute approximate surface area is 131 Å². The maximum Gasteiger partial charge on any atom is 0.238 e. The molecule has 0 aliphatic rings. The van der Waals surface area contributed by atoms with Gasteiger partial charge in [-0.1, -0.05) is 24.3 Å². The highest BCUT2D eigenvalue weighted by molar-refractivity contribution is 9.10. The topological polar surface area (TPSA) is 32.3 Å². The van der Waals surface area contributed by atoms with Crippen molar-refractivity contribution in [2.24, 2.45) is 0 Å². The SMILES string of the molecule is CN(CC(=O)Nc1ccccc1Br)Cc1cccc(F)c1. The largest absolute Gasteiger partial charge is 0.324 e. The van der Waals surface area contributed by atoms with Gasteiger partial charge in [-0.05, 0) is 52.8 Å². The Bertz CT molecular complexity index is 633. The lowest BCUT2D eigenvalue weighted by molar-refractivity contribution is -0.117. The van der Waals surface area contributed by atoms with Crippen molar-refractivity contribution >= 4 is 27.5 Å². The molecule has 0 fully saturated rings. The molecule has 1 N–H and O–H groups in total. The summed E-state index contributed by atoms with van der Waals surface area (Å²) in [5.74, 6) is -0.376. The number of para-hydroxylation sites is 1. The van der Waals surface area contributed by atoms with Crippen molar-refractivity contribution in [3.8, 4) is 0 Å². The molecule has 0 spiro atoms. The Morgan fingerprint density at radius 2 is 2.00 bits per heavy atom. The standard InChI is InChI=1S/C16H16BrFN2O/c1-20(10-12-5-4-6-13(18)9-12)11-16(21)19-15-8-3-2-7-14(15)17/h2-9H,10-11H2,1H3,(H,19,21). The summed E-state index contributed by atoms with van der Waals surface area (Å²) in [5, 5.41) is 2.84. The number of amides is 1. The van der Waals surface area contributed by atoms with Crippen LogP contribution >= 0.6 is 15.9 Å². The number of hydrogen-bond donors (Lipinski definition) is 1. The lowest BCUT2D eigenvalue weighted by Gasteiger charge is -2.16. The Balaban J connectivity index is 1.89. The normalized spacial score (nSPS) is 10.7. The van der Waals surface area contributed by atoms with E-state index in [9.17, 15) is 9.18 Å². The fraction of sp³-hybridized carbons (Fsp3) is 0.188. The molecule has 0 saturated heterocycles. The first-order valence-corrected chi connectivity index (χ1v) is 7.31. The molecule has 0 heterocycles. The van der Waals surface area contributed by atoms with Crippen LogP contribution in [0.4, 0.5) is 10.1 Å². The minimum Gasteiger partial charge on any atom is -0.324 e. The van der Waals surface area contributed by atoms with E-state index in [1.807, 2.05) is 42.3 Å². The molecule has 0 radical (unpaired) electrons. The van der Waals surface area contributed by atoms with Crippen LogP contribution in [-0.4, -0.2) is 24.4 Å². The summed E-state index contributed by atoms with van der Waals surface area (Å²) in [6.45, 7) is 0.749. The maximum absolute atomic E-state index is 13.1. The van der Waals surface area contributed by atoms with Gasteiger partial charge in [-0.2, -0.15) is 0 Å². The highest BCUT2D eigenvalue weighted by Gasteiger charge is 2.09. The molecule has 0 aliphatic heterocycles. The Morgan fingerprint density at radius 1 is 1.24 bits per heavy atom. The summed E-state index contributed by atoms with van der Waals surface area (Å²) in [6, 6.07) is 13.8. The molecular formula is C16H16BrFN2O. The van der Waals surface area contributed by atoms with Crippen molar-refractivity contribution in [3.05, 3.63) is 64.4 Å². The zero-order valence-corrected chi connectivity index (χ0v) is 13.2. The fourth-order valence-corrected chi connectivity index (χ4v) is 2.38. The molecule has 0 aliphatic carbocycles. The van der Waals surface area contributed by atoms with Gasteiger partial charge in [-0.15, -0.1) is 0 Å². The predicted octanol–water partition coefficient (Wildman–Crippen LogP) is 3.66.